The molecule has 4 N–H and O–H groups in total. The topological polar surface area (TPSA) is 67.1 Å². The zero-order valence-corrected chi connectivity index (χ0v) is 10.8. The highest BCUT2D eigenvalue weighted by atomic mass is 16.2. The zero-order chi connectivity index (χ0) is 13.0. The Bertz CT molecular complexity index is 431. The molecule has 1 unspecified atom stereocenters. The van der Waals surface area contributed by atoms with Gasteiger partial charge in [-0.1, -0.05) is 18.2 Å². The van der Waals surface area contributed by atoms with Crippen LogP contribution in [0.15, 0.2) is 18.2 Å². The fourth-order valence-corrected chi connectivity index (χ4v) is 2.49. The highest BCUT2D eigenvalue weighted by molar-refractivity contribution is 5.76. The highest BCUT2D eigenvalue weighted by Gasteiger charge is 2.14. The first kappa shape index (κ1) is 13.1. The molecular weight excluding hydrogens is 226 g/mol. The van der Waals surface area contributed by atoms with Gasteiger partial charge < -0.3 is 5.73 Å². The molecule has 1 amide bonds. The van der Waals surface area contributed by atoms with Gasteiger partial charge in [0, 0.05) is 19.5 Å². The first-order valence-corrected chi connectivity index (χ1v) is 6.53. The van der Waals surface area contributed by atoms with Crippen LogP contribution in [0.1, 0.15) is 42.0 Å². The fraction of sp³-hybridized carbons (Fsp3) is 0.500. The first-order valence-electron chi connectivity index (χ1n) is 6.53. The van der Waals surface area contributed by atoms with E-state index in [-0.39, 0.29) is 11.9 Å². The first-order chi connectivity index (χ1) is 8.70. The van der Waals surface area contributed by atoms with Gasteiger partial charge in [-0.05, 0) is 42.4 Å². The Hall–Kier alpha value is -1.39. The minimum Gasteiger partial charge on any atom is -0.324 e. The number of hydrazine groups is 1. The maximum Gasteiger partial charge on any atom is 0.235 e. The lowest BCUT2D eigenvalue weighted by Crippen LogP contribution is -2.36. The van der Waals surface area contributed by atoms with Crippen molar-refractivity contribution in [2.75, 3.05) is 7.05 Å². The van der Waals surface area contributed by atoms with Gasteiger partial charge in [-0.15, -0.1) is 0 Å². The number of benzene rings is 1. The lowest BCUT2D eigenvalue weighted by Gasteiger charge is -2.19. The predicted octanol–water partition coefficient (Wildman–Crippen LogP) is 1.21. The number of hydrogen-bond acceptors (Lipinski definition) is 3. The van der Waals surface area contributed by atoms with Crippen LogP contribution in [0.2, 0.25) is 0 Å². The number of fused-ring (bicyclic) bond motifs is 1. The number of nitrogens with two attached hydrogens (primary N) is 1. The largest absolute Gasteiger partial charge is 0.324 e. The van der Waals surface area contributed by atoms with E-state index in [2.05, 4.69) is 29.1 Å². The summed E-state index contributed by atoms with van der Waals surface area (Å²) in [6.45, 7) is 0. The Labute approximate surface area is 108 Å². The van der Waals surface area contributed by atoms with E-state index in [4.69, 9.17) is 5.73 Å². The van der Waals surface area contributed by atoms with Crippen LogP contribution in [0.5, 0.6) is 0 Å². The second kappa shape index (κ2) is 5.98. The minimum atomic E-state index is -0.231. The molecular formula is C14H21N3O. The van der Waals surface area contributed by atoms with Gasteiger partial charge >= 0.3 is 0 Å². The molecule has 0 fully saturated rings. The number of amides is 1. The summed E-state index contributed by atoms with van der Waals surface area (Å²) in [6.07, 6.45) is 5.15. The Morgan fingerprint density at radius 2 is 2.06 bits per heavy atom. The maximum absolute atomic E-state index is 11.5. The van der Waals surface area contributed by atoms with Gasteiger partial charge in [-0.2, -0.15) is 0 Å². The van der Waals surface area contributed by atoms with Crippen LogP contribution in [-0.4, -0.2) is 13.0 Å². The highest BCUT2D eigenvalue weighted by Crippen LogP contribution is 2.25. The number of carbonyl (C=O) groups is 1. The summed E-state index contributed by atoms with van der Waals surface area (Å²) in [7, 11) is 1.67. The molecule has 0 saturated heterocycles. The quantitative estimate of drug-likeness (QED) is 0.700. The molecule has 0 bridgehead atoms. The van der Waals surface area contributed by atoms with Crippen molar-refractivity contribution >= 4 is 5.91 Å². The van der Waals surface area contributed by atoms with E-state index in [0.717, 1.165) is 12.0 Å². The van der Waals surface area contributed by atoms with Crippen molar-refractivity contribution in [2.24, 2.45) is 5.73 Å². The molecule has 98 valence electrons. The Balaban J connectivity index is 2.06. The second-order valence-electron chi connectivity index (χ2n) is 4.84. The number of nitrogens with one attached hydrogen (secondary N) is 2. The Morgan fingerprint density at radius 3 is 2.78 bits per heavy atom. The van der Waals surface area contributed by atoms with Crippen LogP contribution in [0, 0.1) is 0 Å². The Kier molecular flexibility index (Phi) is 4.33. The van der Waals surface area contributed by atoms with E-state index < -0.39 is 0 Å². The maximum atomic E-state index is 11.5. The van der Waals surface area contributed by atoms with Crippen LogP contribution >= 0.6 is 0 Å². The molecule has 4 heteroatoms. The van der Waals surface area contributed by atoms with E-state index in [1.54, 1.807) is 7.05 Å². The van der Waals surface area contributed by atoms with Crippen LogP contribution in [0.4, 0.5) is 0 Å². The monoisotopic (exact) mass is 247 g/mol. The molecule has 1 aromatic rings. The molecule has 0 heterocycles. The molecule has 0 saturated carbocycles. The van der Waals surface area contributed by atoms with Crippen molar-refractivity contribution in [2.45, 2.75) is 38.1 Å². The van der Waals surface area contributed by atoms with Crippen LogP contribution in [0.3, 0.4) is 0 Å². The van der Waals surface area contributed by atoms with E-state index in [1.165, 1.54) is 30.4 Å². The van der Waals surface area contributed by atoms with Crippen molar-refractivity contribution in [1.29, 1.82) is 0 Å². The molecule has 1 aliphatic carbocycles. The third-order valence-electron chi connectivity index (χ3n) is 3.47. The number of rotatable bonds is 4. The standard InChI is InChI=1S/C14H21N3O/c1-16-17-14(18)9-13(15)12-7-6-10-4-2-3-5-11(10)8-12/h6-8,13,16H,2-5,9,15H2,1H3,(H,17,18). The van der Waals surface area contributed by atoms with Crippen molar-refractivity contribution < 1.29 is 4.79 Å². The van der Waals surface area contributed by atoms with Gasteiger partial charge in [0.05, 0.1) is 0 Å². The van der Waals surface area contributed by atoms with E-state index in [0.29, 0.717) is 6.42 Å². The fourth-order valence-electron chi connectivity index (χ4n) is 2.49. The van der Waals surface area contributed by atoms with Gasteiger partial charge in [-0.3, -0.25) is 10.2 Å². The molecule has 2 rings (SSSR count). The van der Waals surface area contributed by atoms with E-state index in [1.807, 2.05) is 0 Å². The summed E-state index contributed by atoms with van der Waals surface area (Å²) < 4.78 is 0. The van der Waals surface area contributed by atoms with E-state index >= 15 is 0 Å². The van der Waals surface area contributed by atoms with Gasteiger partial charge in [0.15, 0.2) is 0 Å². The molecule has 4 nitrogen and oxygen atoms in total. The normalized spacial score (nSPS) is 15.9. The average Bonchev–Trinajstić information content (AvgIpc) is 2.38. The summed E-state index contributed by atoms with van der Waals surface area (Å²) >= 11 is 0. The van der Waals surface area contributed by atoms with Gasteiger partial charge in [-0.25, -0.2) is 5.43 Å². The van der Waals surface area contributed by atoms with Gasteiger partial charge in [0.2, 0.25) is 5.91 Å². The lowest BCUT2D eigenvalue weighted by atomic mass is 9.89. The van der Waals surface area contributed by atoms with Crippen molar-refractivity contribution in [3.8, 4) is 0 Å². The lowest BCUT2D eigenvalue weighted by molar-refractivity contribution is -0.122. The van der Waals surface area contributed by atoms with Crippen molar-refractivity contribution in [3.05, 3.63) is 34.9 Å². The summed E-state index contributed by atoms with van der Waals surface area (Å²) in [5, 5.41) is 0. The van der Waals surface area contributed by atoms with Crippen molar-refractivity contribution in [3.63, 3.8) is 0 Å². The number of carbonyl (C=O) groups excluding carboxylic acids is 1. The molecule has 0 aliphatic heterocycles. The summed E-state index contributed by atoms with van der Waals surface area (Å²) in [6, 6.07) is 6.16. The zero-order valence-electron chi connectivity index (χ0n) is 10.8. The average molecular weight is 247 g/mol. The summed E-state index contributed by atoms with van der Waals surface area (Å²) in [5.41, 5.74) is 15.1. The third-order valence-corrected chi connectivity index (χ3v) is 3.47. The predicted molar refractivity (Wildman–Crippen MR) is 71.8 cm³/mol. The number of hydrogen-bond donors (Lipinski definition) is 3. The summed E-state index contributed by atoms with van der Waals surface area (Å²) in [4.78, 5) is 11.5. The smallest absolute Gasteiger partial charge is 0.235 e. The molecule has 1 aromatic carbocycles. The van der Waals surface area contributed by atoms with Crippen LogP contribution < -0.4 is 16.6 Å². The summed E-state index contributed by atoms with van der Waals surface area (Å²) in [5.74, 6) is -0.0808. The molecule has 18 heavy (non-hydrogen) atoms. The minimum absolute atomic E-state index is 0.0808. The molecule has 0 spiro atoms. The molecule has 0 aromatic heterocycles. The van der Waals surface area contributed by atoms with Gasteiger partial charge in [0.1, 0.15) is 0 Å². The van der Waals surface area contributed by atoms with Crippen LogP contribution in [0.25, 0.3) is 0 Å². The van der Waals surface area contributed by atoms with Crippen LogP contribution in [-0.2, 0) is 17.6 Å². The second-order valence-corrected chi connectivity index (χ2v) is 4.84. The SMILES string of the molecule is CNNC(=O)CC(N)c1ccc2c(c1)CCCC2. The number of aryl methyl sites for hydroxylation is 2. The molecule has 1 atom stereocenters. The van der Waals surface area contributed by atoms with Gasteiger partial charge in [0.25, 0.3) is 0 Å². The molecule has 1 aliphatic rings. The molecule has 0 radical (unpaired) electrons. The Morgan fingerprint density at radius 1 is 1.33 bits per heavy atom. The van der Waals surface area contributed by atoms with Crippen molar-refractivity contribution in [1.82, 2.24) is 10.9 Å². The van der Waals surface area contributed by atoms with E-state index in [9.17, 15) is 4.79 Å². The third kappa shape index (κ3) is 3.09.